The SMILES string of the molecule is CCOC(=O)c1n[nH]c(C(C)NC(=O)c2ccc(C(C)C)cc2)n1. The topological polar surface area (TPSA) is 97.0 Å². The third-order valence-corrected chi connectivity index (χ3v) is 3.56. The number of carbonyl (C=O) groups is 2. The maximum atomic E-state index is 12.3. The van der Waals surface area contributed by atoms with Crippen molar-refractivity contribution in [2.75, 3.05) is 6.61 Å². The number of rotatable bonds is 6. The Morgan fingerprint density at radius 2 is 1.88 bits per heavy atom. The van der Waals surface area contributed by atoms with E-state index in [-0.39, 0.29) is 18.3 Å². The van der Waals surface area contributed by atoms with E-state index in [4.69, 9.17) is 4.74 Å². The molecule has 128 valence electrons. The summed E-state index contributed by atoms with van der Waals surface area (Å²) in [6, 6.07) is 7.05. The first-order valence-corrected chi connectivity index (χ1v) is 7.92. The number of esters is 1. The Labute approximate surface area is 140 Å². The van der Waals surface area contributed by atoms with Crippen molar-refractivity contribution in [2.24, 2.45) is 0 Å². The van der Waals surface area contributed by atoms with Gasteiger partial charge >= 0.3 is 5.97 Å². The van der Waals surface area contributed by atoms with Gasteiger partial charge in [0.2, 0.25) is 0 Å². The van der Waals surface area contributed by atoms with Gasteiger partial charge < -0.3 is 10.1 Å². The lowest BCUT2D eigenvalue weighted by molar-refractivity contribution is 0.0512. The second-order valence-corrected chi connectivity index (χ2v) is 5.74. The maximum Gasteiger partial charge on any atom is 0.378 e. The number of carbonyl (C=O) groups excluding carboxylic acids is 2. The zero-order chi connectivity index (χ0) is 17.7. The summed E-state index contributed by atoms with van der Waals surface area (Å²) < 4.78 is 4.83. The molecule has 0 fully saturated rings. The van der Waals surface area contributed by atoms with Crippen molar-refractivity contribution in [3.63, 3.8) is 0 Å². The molecular formula is C17H22N4O3. The molecule has 2 aromatic rings. The first-order chi connectivity index (χ1) is 11.4. The molecule has 0 saturated carbocycles. The van der Waals surface area contributed by atoms with E-state index >= 15 is 0 Å². The zero-order valence-corrected chi connectivity index (χ0v) is 14.3. The third-order valence-electron chi connectivity index (χ3n) is 3.56. The van der Waals surface area contributed by atoms with E-state index in [2.05, 4.69) is 34.3 Å². The van der Waals surface area contributed by atoms with E-state index < -0.39 is 12.0 Å². The van der Waals surface area contributed by atoms with Crippen LogP contribution in [0.25, 0.3) is 0 Å². The van der Waals surface area contributed by atoms with Crippen LogP contribution in [0.4, 0.5) is 0 Å². The summed E-state index contributed by atoms with van der Waals surface area (Å²) in [6.45, 7) is 7.92. The minimum absolute atomic E-state index is 0.0470. The number of hydrogen-bond acceptors (Lipinski definition) is 5. The summed E-state index contributed by atoms with van der Waals surface area (Å²) in [5, 5.41) is 9.27. The molecule has 24 heavy (non-hydrogen) atoms. The average molecular weight is 330 g/mol. The van der Waals surface area contributed by atoms with Crippen LogP contribution in [-0.4, -0.2) is 33.7 Å². The van der Waals surface area contributed by atoms with E-state index in [0.717, 1.165) is 0 Å². The molecule has 0 spiro atoms. The molecule has 0 aliphatic rings. The highest BCUT2D eigenvalue weighted by Crippen LogP contribution is 2.15. The van der Waals surface area contributed by atoms with Gasteiger partial charge in [0.15, 0.2) is 0 Å². The Bertz CT molecular complexity index is 707. The molecule has 1 atom stereocenters. The number of H-pyrrole nitrogens is 1. The van der Waals surface area contributed by atoms with E-state index in [1.165, 1.54) is 5.56 Å². The molecular weight excluding hydrogens is 308 g/mol. The lowest BCUT2D eigenvalue weighted by Crippen LogP contribution is -2.27. The highest BCUT2D eigenvalue weighted by molar-refractivity contribution is 5.94. The number of nitrogens with zero attached hydrogens (tertiary/aromatic N) is 2. The van der Waals surface area contributed by atoms with Gasteiger partial charge in [0, 0.05) is 5.56 Å². The highest BCUT2D eigenvalue weighted by atomic mass is 16.5. The second-order valence-electron chi connectivity index (χ2n) is 5.74. The molecule has 2 N–H and O–H groups in total. The van der Waals surface area contributed by atoms with Gasteiger partial charge in [-0.25, -0.2) is 9.78 Å². The monoisotopic (exact) mass is 330 g/mol. The van der Waals surface area contributed by atoms with Gasteiger partial charge in [-0.3, -0.25) is 9.89 Å². The highest BCUT2D eigenvalue weighted by Gasteiger charge is 2.18. The van der Waals surface area contributed by atoms with Gasteiger partial charge in [0.05, 0.1) is 12.6 Å². The van der Waals surface area contributed by atoms with E-state index in [1.807, 2.05) is 12.1 Å². The minimum Gasteiger partial charge on any atom is -0.460 e. The molecule has 7 nitrogen and oxygen atoms in total. The zero-order valence-electron chi connectivity index (χ0n) is 14.3. The van der Waals surface area contributed by atoms with Gasteiger partial charge in [-0.1, -0.05) is 26.0 Å². The van der Waals surface area contributed by atoms with E-state index in [9.17, 15) is 9.59 Å². The summed E-state index contributed by atoms with van der Waals surface area (Å²) in [7, 11) is 0. The van der Waals surface area contributed by atoms with Crippen LogP contribution in [0.5, 0.6) is 0 Å². The molecule has 0 aliphatic heterocycles. The van der Waals surface area contributed by atoms with Gasteiger partial charge in [-0.2, -0.15) is 0 Å². The fourth-order valence-electron chi connectivity index (χ4n) is 2.12. The van der Waals surface area contributed by atoms with Crippen LogP contribution in [0.3, 0.4) is 0 Å². The Morgan fingerprint density at radius 1 is 1.21 bits per heavy atom. The molecule has 1 aromatic heterocycles. The first kappa shape index (κ1) is 17.7. The minimum atomic E-state index is -0.595. The van der Waals surface area contributed by atoms with Crippen LogP contribution in [0.1, 0.15) is 72.0 Å². The standard InChI is InChI=1S/C17H22N4O3/c1-5-24-17(23)15-19-14(20-21-15)11(4)18-16(22)13-8-6-12(7-9-13)10(2)3/h6-11H,5H2,1-4H3,(H,18,22)(H,19,20,21). The lowest BCUT2D eigenvalue weighted by Gasteiger charge is -2.12. The van der Waals surface area contributed by atoms with Crippen LogP contribution in [0.2, 0.25) is 0 Å². The van der Waals surface area contributed by atoms with Crippen molar-refractivity contribution >= 4 is 11.9 Å². The smallest absolute Gasteiger partial charge is 0.378 e. The number of aromatic amines is 1. The summed E-state index contributed by atoms with van der Waals surface area (Å²) in [5.74, 6) is -0.0503. The number of ether oxygens (including phenoxy) is 1. The van der Waals surface area contributed by atoms with E-state index in [1.54, 1.807) is 26.0 Å². The van der Waals surface area contributed by atoms with Crippen molar-refractivity contribution in [1.82, 2.24) is 20.5 Å². The lowest BCUT2D eigenvalue weighted by atomic mass is 10.0. The second kappa shape index (κ2) is 7.72. The van der Waals surface area contributed by atoms with Gasteiger partial charge in [0.25, 0.3) is 11.7 Å². The van der Waals surface area contributed by atoms with Crippen LogP contribution in [0.15, 0.2) is 24.3 Å². The van der Waals surface area contributed by atoms with Gasteiger partial charge in [0.1, 0.15) is 5.82 Å². The van der Waals surface area contributed by atoms with Gasteiger partial charge in [-0.05, 0) is 37.5 Å². The first-order valence-electron chi connectivity index (χ1n) is 7.92. The largest absolute Gasteiger partial charge is 0.460 e. The van der Waals surface area contributed by atoms with Crippen LogP contribution < -0.4 is 5.32 Å². The Kier molecular flexibility index (Phi) is 5.68. The summed E-state index contributed by atoms with van der Waals surface area (Å²) in [5.41, 5.74) is 1.74. The molecule has 0 saturated heterocycles. The number of nitrogens with one attached hydrogen (secondary N) is 2. The quantitative estimate of drug-likeness (QED) is 0.794. The van der Waals surface area contributed by atoms with Crippen LogP contribution >= 0.6 is 0 Å². The Balaban J connectivity index is 2.02. The summed E-state index contributed by atoms with van der Waals surface area (Å²) >= 11 is 0. The molecule has 1 amide bonds. The van der Waals surface area contributed by atoms with Crippen molar-refractivity contribution in [3.05, 3.63) is 47.0 Å². The van der Waals surface area contributed by atoms with Gasteiger partial charge in [-0.15, -0.1) is 5.10 Å². The predicted molar refractivity (Wildman–Crippen MR) is 88.8 cm³/mol. The fraction of sp³-hybridized carbons (Fsp3) is 0.412. The van der Waals surface area contributed by atoms with Crippen molar-refractivity contribution in [2.45, 2.75) is 39.7 Å². The van der Waals surface area contributed by atoms with Crippen molar-refractivity contribution in [1.29, 1.82) is 0 Å². The number of benzene rings is 1. The molecule has 0 radical (unpaired) electrons. The molecule has 0 bridgehead atoms. The molecule has 0 aliphatic carbocycles. The number of amides is 1. The van der Waals surface area contributed by atoms with Crippen molar-refractivity contribution in [3.8, 4) is 0 Å². The van der Waals surface area contributed by atoms with Crippen LogP contribution in [-0.2, 0) is 4.74 Å². The van der Waals surface area contributed by atoms with Crippen molar-refractivity contribution < 1.29 is 14.3 Å². The maximum absolute atomic E-state index is 12.3. The number of hydrogen-bond donors (Lipinski definition) is 2. The van der Waals surface area contributed by atoms with E-state index in [0.29, 0.717) is 17.3 Å². The summed E-state index contributed by atoms with van der Waals surface area (Å²) in [6.07, 6.45) is 0. The summed E-state index contributed by atoms with van der Waals surface area (Å²) in [4.78, 5) is 27.9. The normalized spacial score (nSPS) is 12.0. The van der Waals surface area contributed by atoms with Crippen LogP contribution in [0, 0.1) is 0 Å². The third kappa shape index (κ3) is 4.18. The molecule has 1 unspecified atom stereocenters. The molecule has 1 heterocycles. The predicted octanol–water partition coefficient (Wildman–Crippen LogP) is 2.60. The molecule has 7 heteroatoms. The molecule has 2 rings (SSSR count). The Morgan fingerprint density at radius 3 is 2.46 bits per heavy atom. The average Bonchev–Trinajstić information content (AvgIpc) is 3.05. The Hall–Kier alpha value is -2.70. The molecule has 1 aromatic carbocycles. The fourth-order valence-corrected chi connectivity index (χ4v) is 2.12. The number of aromatic nitrogens is 3.